The Balaban J connectivity index is 1.58. The molecule has 1 unspecified atom stereocenters. The predicted octanol–water partition coefficient (Wildman–Crippen LogP) is 6.60. The summed E-state index contributed by atoms with van der Waals surface area (Å²) in [4.78, 5) is 28.9. The zero-order valence-electron chi connectivity index (χ0n) is 25.0. The summed E-state index contributed by atoms with van der Waals surface area (Å²) >= 11 is 7.73. The third-order valence-electron chi connectivity index (χ3n) is 7.55. The summed E-state index contributed by atoms with van der Waals surface area (Å²) in [5, 5.41) is 8.19. The number of ether oxygens (including phenoxy) is 2. The van der Waals surface area contributed by atoms with E-state index >= 15 is 0 Å². The molecule has 1 atom stereocenters. The average Bonchev–Trinajstić information content (AvgIpc) is 3.69. The number of methoxy groups -OCH3 is 2. The van der Waals surface area contributed by atoms with Crippen LogP contribution in [0.5, 0.6) is 11.5 Å². The van der Waals surface area contributed by atoms with Gasteiger partial charge in [0.05, 0.1) is 49.4 Å². The van der Waals surface area contributed by atoms with Crippen LogP contribution in [0, 0.1) is 6.92 Å². The second-order valence-corrected chi connectivity index (χ2v) is 12.0. The fraction of sp³-hybridized carbons (Fsp3) is 0.206. The molecule has 5 aromatic rings. The summed E-state index contributed by atoms with van der Waals surface area (Å²) < 4.78 is 18.5. The minimum Gasteiger partial charge on any atom is -0.497 e. The molecule has 0 bridgehead atoms. The molecule has 0 radical (unpaired) electrons. The van der Waals surface area contributed by atoms with Crippen LogP contribution < -0.4 is 19.7 Å². The first-order valence-electron chi connectivity index (χ1n) is 14.2. The van der Waals surface area contributed by atoms with Gasteiger partial charge in [-0.05, 0) is 61.5 Å². The third-order valence-corrected chi connectivity index (χ3v) is 9.03. The van der Waals surface area contributed by atoms with Gasteiger partial charge in [-0.1, -0.05) is 41.4 Å². The molecule has 3 heterocycles. The number of amides is 2. The number of carbonyl (C=O) groups excluding carboxylic acids is 2. The van der Waals surface area contributed by atoms with Gasteiger partial charge in [0, 0.05) is 21.7 Å². The molecule has 230 valence electrons. The van der Waals surface area contributed by atoms with Crippen molar-refractivity contribution in [3.8, 4) is 28.4 Å². The predicted molar refractivity (Wildman–Crippen MR) is 176 cm³/mol. The number of aryl methyl sites for hydroxylation is 1. The first-order valence-corrected chi connectivity index (χ1v) is 15.7. The lowest BCUT2D eigenvalue weighted by molar-refractivity contribution is -0.123. The lowest BCUT2D eigenvalue weighted by Crippen LogP contribution is -2.42. The maximum Gasteiger partial charge on any atom is 0.240 e. The molecule has 1 aliphatic rings. The molecule has 1 N–H and O–H groups in total. The topological polar surface area (TPSA) is 98.8 Å². The van der Waals surface area contributed by atoms with Gasteiger partial charge < -0.3 is 19.2 Å². The van der Waals surface area contributed by atoms with Crippen molar-refractivity contribution in [3.05, 3.63) is 113 Å². The van der Waals surface area contributed by atoms with Gasteiger partial charge in [0.2, 0.25) is 11.8 Å². The van der Waals surface area contributed by atoms with Crippen molar-refractivity contribution in [1.29, 1.82) is 0 Å². The highest BCUT2D eigenvalue weighted by atomic mass is 35.5. The van der Waals surface area contributed by atoms with Crippen LogP contribution in [0.4, 0.5) is 5.82 Å². The van der Waals surface area contributed by atoms with Gasteiger partial charge in [-0.25, -0.2) is 4.68 Å². The van der Waals surface area contributed by atoms with Crippen LogP contribution in [0.15, 0.2) is 89.5 Å². The fourth-order valence-corrected chi connectivity index (χ4v) is 6.63. The molecule has 0 aliphatic carbocycles. The number of hydrogen-bond donors (Lipinski definition) is 1. The van der Waals surface area contributed by atoms with Crippen molar-refractivity contribution in [2.45, 2.75) is 18.7 Å². The molecule has 2 amide bonds. The number of fused-ring (bicyclic) bond motifs is 1. The zero-order valence-corrected chi connectivity index (χ0v) is 26.5. The molecule has 0 spiro atoms. The largest absolute Gasteiger partial charge is 0.497 e. The van der Waals surface area contributed by atoms with Gasteiger partial charge in [0.15, 0.2) is 0 Å². The molecule has 11 heteroatoms. The van der Waals surface area contributed by atoms with E-state index in [1.165, 1.54) is 16.7 Å². The van der Waals surface area contributed by atoms with E-state index in [0.717, 1.165) is 27.9 Å². The van der Waals surface area contributed by atoms with E-state index in [0.29, 0.717) is 33.8 Å². The monoisotopic (exact) mass is 642 g/mol. The highest BCUT2D eigenvalue weighted by Crippen LogP contribution is 2.51. The number of furan rings is 1. The summed E-state index contributed by atoms with van der Waals surface area (Å²) in [5.74, 6) is 1.95. The lowest BCUT2D eigenvalue weighted by atomic mass is 9.98. The first kappa shape index (κ1) is 30.4. The maximum absolute atomic E-state index is 14.0. The molecule has 9 nitrogen and oxygen atoms in total. The van der Waals surface area contributed by atoms with Gasteiger partial charge in [-0.2, -0.15) is 5.10 Å². The summed E-state index contributed by atoms with van der Waals surface area (Å²) in [6.45, 7) is 1.99. The smallest absolute Gasteiger partial charge is 0.240 e. The molecule has 1 aliphatic heterocycles. The van der Waals surface area contributed by atoms with Crippen LogP contribution in [0.3, 0.4) is 0 Å². The number of nitrogens with one attached hydrogen (secondary N) is 1. The van der Waals surface area contributed by atoms with Gasteiger partial charge in [-0.3, -0.25) is 14.5 Å². The molecular weight excluding hydrogens is 612 g/mol. The number of thioether (sulfide) groups is 1. The minimum atomic E-state index is -0.407. The summed E-state index contributed by atoms with van der Waals surface area (Å²) in [6.07, 6.45) is 1.55. The van der Waals surface area contributed by atoms with Crippen molar-refractivity contribution >= 4 is 41.0 Å². The minimum absolute atomic E-state index is 0.110. The van der Waals surface area contributed by atoms with E-state index in [9.17, 15) is 9.59 Å². The van der Waals surface area contributed by atoms with Crippen molar-refractivity contribution in [3.63, 3.8) is 0 Å². The van der Waals surface area contributed by atoms with Crippen LogP contribution in [-0.4, -0.2) is 48.1 Å². The second kappa shape index (κ2) is 13.1. The van der Waals surface area contributed by atoms with Crippen molar-refractivity contribution in [2.24, 2.45) is 0 Å². The summed E-state index contributed by atoms with van der Waals surface area (Å²) in [5.41, 5.74) is 4.87. The Morgan fingerprint density at radius 3 is 2.53 bits per heavy atom. The number of aromatic nitrogens is 2. The summed E-state index contributed by atoms with van der Waals surface area (Å²) in [7, 11) is 3.22. The van der Waals surface area contributed by atoms with E-state index in [2.05, 4.69) is 5.32 Å². The Morgan fingerprint density at radius 2 is 1.84 bits per heavy atom. The van der Waals surface area contributed by atoms with Gasteiger partial charge in [0.1, 0.15) is 29.6 Å². The number of nitrogens with zero attached hydrogens (tertiary/aromatic N) is 3. The number of anilines is 1. The highest BCUT2D eigenvalue weighted by molar-refractivity contribution is 8.00. The SMILES string of the molecule is COc1ccc(OC)c(C2SCC(=O)N(CC(=O)NCc3ccco3)c3c2c(-c2ccc(Cl)cc2)nn3-c2ccc(C)cc2)c1. The Hall–Kier alpha value is -4.67. The fourth-order valence-electron chi connectivity index (χ4n) is 5.29. The van der Waals surface area contributed by atoms with E-state index in [4.69, 9.17) is 30.6 Å². The van der Waals surface area contributed by atoms with Crippen LogP contribution >= 0.6 is 23.4 Å². The molecule has 0 fully saturated rings. The van der Waals surface area contributed by atoms with Gasteiger partial charge in [0.25, 0.3) is 0 Å². The van der Waals surface area contributed by atoms with E-state index in [1.54, 1.807) is 37.3 Å². The van der Waals surface area contributed by atoms with Crippen LogP contribution in [0.1, 0.15) is 27.7 Å². The van der Waals surface area contributed by atoms with Crippen molar-refractivity contribution in [1.82, 2.24) is 15.1 Å². The third kappa shape index (κ3) is 6.29. The molecule has 2 aromatic heterocycles. The molecule has 0 saturated heterocycles. The Morgan fingerprint density at radius 1 is 1.07 bits per heavy atom. The molecule has 3 aromatic carbocycles. The number of rotatable bonds is 9. The molecule has 45 heavy (non-hydrogen) atoms. The zero-order chi connectivity index (χ0) is 31.5. The number of halogens is 1. The molecular formula is C34H31ClN4O5S. The maximum atomic E-state index is 14.0. The molecule has 6 rings (SSSR count). The standard InChI is InChI=1S/C34H31ClN4O5S/c1-21-6-12-24(13-7-21)39-34-31(32(37-39)22-8-10-23(35)11-9-22)33(27-17-25(42-2)14-15-28(27)43-3)45-20-30(41)38(34)19-29(40)36-18-26-5-4-16-44-26/h4-17,33H,18-20H2,1-3H3,(H,36,40). The Bertz CT molecular complexity index is 1820. The molecule has 0 saturated carbocycles. The van der Waals surface area contributed by atoms with Crippen molar-refractivity contribution in [2.75, 3.05) is 31.4 Å². The number of benzene rings is 3. The first-order chi connectivity index (χ1) is 21.9. The van der Waals surface area contributed by atoms with Gasteiger partial charge >= 0.3 is 0 Å². The van der Waals surface area contributed by atoms with Crippen LogP contribution in [-0.2, 0) is 16.1 Å². The number of hydrogen-bond acceptors (Lipinski definition) is 7. The second-order valence-electron chi connectivity index (χ2n) is 10.5. The Kier molecular flexibility index (Phi) is 8.86. The lowest BCUT2D eigenvalue weighted by Gasteiger charge is -2.23. The van der Waals surface area contributed by atoms with E-state index in [1.807, 2.05) is 73.7 Å². The van der Waals surface area contributed by atoms with E-state index < -0.39 is 5.25 Å². The average molecular weight is 643 g/mol. The highest BCUT2D eigenvalue weighted by Gasteiger charge is 2.39. The van der Waals surface area contributed by atoms with Crippen LogP contribution in [0.25, 0.3) is 16.9 Å². The normalized spacial score (nSPS) is 14.5. The Labute approximate surface area is 270 Å². The number of carbonyl (C=O) groups is 2. The van der Waals surface area contributed by atoms with Crippen molar-refractivity contribution < 1.29 is 23.5 Å². The van der Waals surface area contributed by atoms with Gasteiger partial charge in [-0.15, -0.1) is 11.8 Å². The van der Waals surface area contributed by atoms with Crippen LogP contribution in [0.2, 0.25) is 5.02 Å². The summed E-state index contributed by atoms with van der Waals surface area (Å²) in [6, 6.07) is 24.5. The quantitative estimate of drug-likeness (QED) is 0.194. The van der Waals surface area contributed by atoms with E-state index in [-0.39, 0.29) is 30.7 Å².